The number of benzene rings is 2. The minimum absolute atomic E-state index is 0.143. The topological polar surface area (TPSA) is 119 Å². The van der Waals surface area contributed by atoms with Crippen molar-refractivity contribution >= 4 is 22.8 Å². The molecule has 2 N–H and O–H groups in total. The highest BCUT2D eigenvalue weighted by molar-refractivity contribution is 5.88. The van der Waals surface area contributed by atoms with Crippen molar-refractivity contribution < 1.29 is 9.53 Å². The van der Waals surface area contributed by atoms with Crippen LogP contribution in [-0.2, 0) is 4.79 Å². The number of aromatic nitrogens is 3. The van der Waals surface area contributed by atoms with Gasteiger partial charge in [-0.2, -0.15) is 5.26 Å². The zero-order valence-electron chi connectivity index (χ0n) is 19.5. The molecular formula is C27H24N6O3. The summed E-state index contributed by atoms with van der Waals surface area (Å²) >= 11 is 0. The second-order valence-corrected chi connectivity index (χ2v) is 8.57. The van der Waals surface area contributed by atoms with Gasteiger partial charge in [-0.1, -0.05) is 6.58 Å². The highest BCUT2D eigenvalue weighted by Crippen LogP contribution is 2.29. The van der Waals surface area contributed by atoms with Crippen molar-refractivity contribution in [3.8, 4) is 23.3 Å². The highest BCUT2D eigenvalue weighted by Gasteiger charge is 2.28. The number of anilines is 1. The maximum absolute atomic E-state index is 13.8. The molecule has 5 rings (SSSR count). The Morgan fingerprint density at radius 3 is 2.50 bits per heavy atom. The van der Waals surface area contributed by atoms with Crippen molar-refractivity contribution in [2.45, 2.75) is 18.9 Å². The summed E-state index contributed by atoms with van der Waals surface area (Å²) in [6.45, 7) is 4.64. The van der Waals surface area contributed by atoms with Crippen molar-refractivity contribution in [1.82, 2.24) is 19.0 Å². The van der Waals surface area contributed by atoms with Crippen LogP contribution in [0.3, 0.4) is 0 Å². The van der Waals surface area contributed by atoms with Crippen LogP contribution >= 0.6 is 0 Å². The SMILES string of the molecule is C=CC(=O)N1CCCC(n2c(=O)n(-c3ccc(Oc4ccc(C#N)cc4)cc3)c3c(N)nccc32)C1. The van der Waals surface area contributed by atoms with E-state index in [1.165, 1.54) is 6.08 Å². The quantitative estimate of drug-likeness (QED) is 0.434. The molecule has 0 saturated carbocycles. The predicted octanol–water partition coefficient (Wildman–Crippen LogP) is 3.78. The van der Waals surface area contributed by atoms with Crippen LogP contribution in [0.25, 0.3) is 16.7 Å². The van der Waals surface area contributed by atoms with E-state index >= 15 is 0 Å². The van der Waals surface area contributed by atoms with Gasteiger partial charge in [0.2, 0.25) is 5.91 Å². The molecule has 2 aromatic heterocycles. The van der Waals surface area contributed by atoms with Crippen LogP contribution in [0.5, 0.6) is 11.5 Å². The van der Waals surface area contributed by atoms with E-state index in [9.17, 15) is 9.59 Å². The minimum atomic E-state index is -0.247. The number of nitrogen functional groups attached to an aromatic ring is 1. The standard InChI is InChI=1S/C27H24N6O3/c1-2-24(34)31-15-3-4-20(17-31)32-23-13-14-30-26(29)25(23)33(27(32)35)19-7-11-22(12-8-19)36-21-9-5-18(16-28)6-10-21/h2,5-14,20H,1,3-4,15,17H2,(H2,29,30). The van der Waals surface area contributed by atoms with Gasteiger partial charge in [0.15, 0.2) is 0 Å². The monoisotopic (exact) mass is 480 g/mol. The van der Waals surface area contributed by atoms with E-state index in [0.717, 1.165) is 12.8 Å². The number of fused-ring (bicyclic) bond motifs is 1. The van der Waals surface area contributed by atoms with Crippen LogP contribution in [-0.4, -0.2) is 38.0 Å². The van der Waals surface area contributed by atoms with Crippen LogP contribution in [0.1, 0.15) is 24.4 Å². The number of carbonyl (C=O) groups excluding carboxylic acids is 1. The number of imidazole rings is 1. The molecule has 1 aliphatic rings. The lowest BCUT2D eigenvalue weighted by Gasteiger charge is -2.32. The fourth-order valence-corrected chi connectivity index (χ4v) is 4.67. The molecule has 0 spiro atoms. The van der Waals surface area contributed by atoms with Gasteiger partial charge in [-0.25, -0.2) is 9.78 Å². The number of nitrogens with zero attached hydrogens (tertiary/aromatic N) is 5. The number of ether oxygens (including phenoxy) is 1. The maximum Gasteiger partial charge on any atom is 0.334 e. The van der Waals surface area contributed by atoms with Gasteiger partial charge in [0.05, 0.1) is 28.9 Å². The molecule has 4 aromatic rings. The number of nitriles is 1. The third-order valence-electron chi connectivity index (χ3n) is 6.37. The van der Waals surface area contributed by atoms with E-state index in [-0.39, 0.29) is 23.5 Å². The lowest BCUT2D eigenvalue weighted by Crippen LogP contribution is -2.42. The van der Waals surface area contributed by atoms with Crippen molar-refractivity contribution in [3.63, 3.8) is 0 Å². The lowest BCUT2D eigenvalue weighted by atomic mass is 10.1. The minimum Gasteiger partial charge on any atom is -0.457 e. The van der Waals surface area contributed by atoms with Crippen LogP contribution in [0, 0.1) is 11.3 Å². The molecule has 0 radical (unpaired) electrons. The number of piperidine rings is 1. The summed E-state index contributed by atoms with van der Waals surface area (Å²) in [6.07, 6.45) is 4.44. The first-order valence-electron chi connectivity index (χ1n) is 11.6. The van der Waals surface area contributed by atoms with Crippen molar-refractivity contribution in [2.75, 3.05) is 18.8 Å². The number of carbonyl (C=O) groups is 1. The Morgan fingerprint density at radius 2 is 1.83 bits per heavy atom. The van der Waals surface area contributed by atoms with Crippen LogP contribution in [0.15, 0.2) is 78.2 Å². The molecule has 3 heterocycles. The van der Waals surface area contributed by atoms with Crippen molar-refractivity contribution in [3.05, 3.63) is 89.5 Å². The average molecular weight is 481 g/mol. The molecule has 180 valence electrons. The molecule has 1 saturated heterocycles. The fourth-order valence-electron chi connectivity index (χ4n) is 4.67. The fraction of sp³-hybridized carbons (Fsp3) is 0.185. The van der Waals surface area contributed by atoms with E-state index < -0.39 is 0 Å². The second kappa shape index (κ2) is 9.43. The number of amides is 1. The summed E-state index contributed by atoms with van der Waals surface area (Å²) in [5, 5.41) is 8.95. The zero-order valence-corrected chi connectivity index (χ0v) is 19.5. The third kappa shape index (κ3) is 4.09. The van der Waals surface area contributed by atoms with Crippen molar-refractivity contribution in [1.29, 1.82) is 5.26 Å². The first kappa shape index (κ1) is 22.9. The molecule has 1 amide bonds. The number of nitrogens with two attached hydrogens (primary N) is 1. The average Bonchev–Trinajstić information content (AvgIpc) is 3.22. The Kier molecular flexibility index (Phi) is 6.00. The van der Waals surface area contributed by atoms with E-state index in [1.807, 2.05) is 0 Å². The molecular weight excluding hydrogens is 456 g/mol. The smallest absolute Gasteiger partial charge is 0.334 e. The molecule has 0 aliphatic carbocycles. The number of hydrogen-bond donors (Lipinski definition) is 1. The Labute approximate surface area is 207 Å². The lowest BCUT2D eigenvalue weighted by molar-refractivity contribution is -0.127. The van der Waals surface area contributed by atoms with Gasteiger partial charge in [0.1, 0.15) is 22.8 Å². The van der Waals surface area contributed by atoms with Gasteiger partial charge in [-0.05, 0) is 73.5 Å². The van der Waals surface area contributed by atoms with Crippen LogP contribution in [0.2, 0.25) is 0 Å². The van der Waals surface area contributed by atoms with Gasteiger partial charge in [0, 0.05) is 19.3 Å². The molecule has 0 bridgehead atoms. The van der Waals surface area contributed by atoms with Crippen molar-refractivity contribution in [2.24, 2.45) is 0 Å². The van der Waals surface area contributed by atoms with E-state index in [4.69, 9.17) is 15.7 Å². The van der Waals surface area contributed by atoms with E-state index in [1.54, 1.807) is 74.8 Å². The Bertz CT molecular complexity index is 1540. The summed E-state index contributed by atoms with van der Waals surface area (Å²) in [4.78, 5) is 31.9. The second-order valence-electron chi connectivity index (χ2n) is 8.57. The Balaban J connectivity index is 1.52. The third-order valence-corrected chi connectivity index (χ3v) is 6.37. The van der Waals surface area contributed by atoms with Crippen LogP contribution in [0.4, 0.5) is 5.82 Å². The molecule has 9 nitrogen and oxygen atoms in total. The summed E-state index contributed by atoms with van der Waals surface area (Å²) < 4.78 is 9.14. The Morgan fingerprint density at radius 1 is 1.14 bits per heavy atom. The number of rotatable bonds is 5. The molecule has 9 heteroatoms. The summed E-state index contributed by atoms with van der Waals surface area (Å²) in [5.41, 5.74) is 8.36. The summed E-state index contributed by atoms with van der Waals surface area (Å²) in [6, 6.07) is 17.6. The maximum atomic E-state index is 13.8. The van der Waals surface area contributed by atoms with Gasteiger partial charge >= 0.3 is 5.69 Å². The number of likely N-dealkylation sites (tertiary alicyclic amines) is 1. The molecule has 36 heavy (non-hydrogen) atoms. The first-order valence-corrected chi connectivity index (χ1v) is 11.6. The normalized spacial score (nSPS) is 15.4. The van der Waals surface area contributed by atoms with Crippen LogP contribution < -0.4 is 16.2 Å². The van der Waals surface area contributed by atoms with Gasteiger partial charge in [-0.3, -0.25) is 13.9 Å². The molecule has 1 atom stereocenters. The number of pyridine rings is 1. The molecule has 1 aliphatic heterocycles. The summed E-state index contributed by atoms with van der Waals surface area (Å²) in [7, 11) is 0. The first-order chi connectivity index (χ1) is 17.5. The largest absolute Gasteiger partial charge is 0.457 e. The highest BCUT2D eigenvalue weighted by atomic mass is 16.5. The Hall–Kier alpha value is -4.84. The zero-order chi connectivity index (χ0) is 25.2. The summed E-state index contributed by atoms with van der Waals surface area (Å²) in [5.74, 6) is 1.28. The van der Waals surface area contributed by atoms with Gasteiger partial charge in [-0.15, -0.1) is 0 Å². The molecule has 2 aromatic carbocycles. The van der Waals surface area contributed by atoms with Gasteiger partial charge in [0.25, 0.3) is 0 Å². The van der Waals surface area contributed by atoms with E-state index in [2.05, 4.69) is 17.6 Å². The van der Waals surface area contributed by atoms with E-state index in [0.29, 0.717) is 46.9 Å². The predicted molar refractivity (Wildman–Crippen MR) is 136 cm³/mol. The molecule has 1 unspecified atom stereocenters. The van der Waals surface area contributed by atoms with Gasteiger partial charge < -0.3 is 15.4 Å². The molecule has 1 fully saturated rings. The number of hydrogen-bond acceptors (Lipinski definition) is 6.